The fourth-order valence-corrected chi connectivity index (χ4v) is 4.33. The number of amides is 2. The Labute approximate surface area is 170 Å². The zero-order valence-corrected chi connectivity index (χ0v) is 17.5. The predicted octanol–water partition coefficient (Wildman–Crippen LogP) is 1.82. The van der Waals surface area contributed by atoms with E-state index in [9.17, 15) is 14.4 Å². The van der Waals surface area contributed by atoms with Crippen molar-refractivity contribution >= 4 is 17.8 Å². The summed E-state index contributed by atoms with van der Waals surface area (Å²) in [5.41, 5.74) is -0.505. The summed E-state index contributed by atoms with van der Waals surface area (Å²) in [7, 11) is 1.32. The number of likely N-dealkylation sites (tertiary alicyclic amines) is 1. The molecule has 0 aliphatic carbocycles. The van der Waals surface area contributed by atoms with Crippen LogP contribution in [0.2, 0.25) is 0 Å². The van der Waals surface area contributed by atoms with Gasteiger partial charge in [0.15, 0.2) is 5.69 Å². The molecule has 3 rings (SSSR count). The number of carbonyl (C=O) groups is 3. The van der Waals surface area contributed by atoms with Crippen LogP contribution in [0.25, 0.3) is 0 Å². The lowest BCUT2D eigenvalue weighted by atomic mass is 9.77. The van der Waals surface area contributed by atoms with Gasteiger partial charge in [0, 0.05) is 32.0 Å². The predicted molar refractivity (Wildman–Crippen MR) is 102 cm³/mol. The average molecular weight is 407 g/mol. The molecule has 1 atom stereocenters. The Balaban J connectivity index is 1.74. The second-order valence-electron chi connectivity index (χ2n) is 8.06. The van der Waals surface area contributed by atoms with Crippen LogP contribution < -0.4 is 0 Å². The lowest BCUT2D eigenvalue weighted by Gasteiger charge is -2.45. The molecule has 0 radical (unpaired) electrons. The Bertz CT molecular complexity index is 766. The SMILES string of the molecule is CCON1C(=O)C[C@H](C(=O)OC)C12CCN(C(=O)c1cc(CC(C)C)on1)CC2. The van der Waals surface area contributed by atoms with Gasteiger partial charge in [0.2, 0.25) is 5.91 Å². The molecule has 0 bridgehead atoms. The maximum absolute atomic E-state index is 12.8. The highest BCUT2D eigenvalue weighted by Gasteiger charge is 2.58. The Morgan fingerprint density at radius 2 is 2.03 bits per heavy atom. The van der Waals surface area contributed by atoms with Gasteiger partial charge in [-0.1, -0.05) is 19.0 Å². The van der Waals surface area contributed by atoms with Crippen molar-refractivity contribution < 1.29 is 28.5 Å². The van der Waals surface area contributed by atoms with Gasteiger partial charge in [-0.25, -0.2) is 5.06 Å². The Morgan fingerprint density at radius 3 is 2.62 bits per heavy atom. The maximum atomic E-state index is 12.8. The van der Waals surface area contributed by atoms with E-state index in [4.69, 9.17) is 14.1 Å². The topological polar surface area (TPSA) is 102 Å². The minimum Gasteiger partial charge on any atom is -0.469 e. The first kappa shape index (κ1) is 21.3. The number of piperidine rings is 1. The summed E-state index contributed by atoms with van der Waals surface area (Å²) >= 11 is 0. The normalized spacial score (nSPS) is 21.3. The van der Waals surface area contributed by atoms with Crippen LogP contribution in [0.4, 0.5) is 0 Å². The van der Waals surface area contributed by atoms with Crippen molar-refractivity contribution in [3.8, 4) is 0 Å². The van der Waals surface area contributed by atoms with Gasteiger partial charge < -0.3 is 14.2 Å². The lowest BCUT2D eigenvalue weighted by molar-refractivity contribution is -0.220. The summed E-state index contributed by atoms with van der Waals surface area (Å²) in [4.78, 5) is 45.0. The highest BCUT2D eigenvalue weighted by atomic mass is 16.7. The third-order valence-electron chi connectivity index (χ3n) is 5.71. The second kappa shape index (κ2) is 8.52. The molecular formula is C20H29N3O6. The fraction of sp³-hybridized carbons (Fsp3) is 0.700. The van der Waals surface area contributed by atoms with Gasteiger partial charge in [-0.3, -0.25) is 19.2 Å². The van der Waals surface area contributed by atoms with Crippen LogP contribution in [0, 0.1) is 11.8 Å². The number of ether oxygens (including phenoxy) is 1. The second-order valence-corrected chi connectivity index (χ2v) is 8.06. The Kier molecular flexibility index (Phi) is 6.26. The molecule has 160 valence electrons. The van der Waals surface area contributed by atoms with E-state index in [0.29, 0.717) is 44.2 Å². The van der Waals surface area contributed by atoms with Gasteiger partial charge in [-0.2, -0.15) is 0 Å². The van der Waals surface area contributed by atoms with Crippen molar-refractivity contribution in [2.45, 2.75) is 52.0 Å². The summed E-state index contributed by atoms with van der Waals surface area (Å²) in [5.74, 6) is -0.368. The third kappa shape index (κ3) is 4.01. The van der Waals surface area contributed by atoms with Gasteiger partial charge in [0.25, 0.3) is 5.91 Å². The molecule has 9 heteroatoms. The molecule has 1 aromatic rings. The third-order valence-corrected chi connectivity index (χ3v) is 5.71. The Morgan fingerprint density at radius 1 is 1.34 bits per heavy atom. The molecule has 1 spiro atoms. The van der Waals surface area contributed by atoms with Gasteiger partial charge in [-0.15, -0.1) is 0 Å². The molecule has 0 saturated carbocycles. The van der Waals surface area contributed by atoms with E-state index >= 15 is 0 Å². The first-order chi connectivity index (χ1) is 13.8. The fourth-order valence-electron chi connectivity index (χ4n) is 4.33. The number of methoxy groups -OCH3 is 1. The first-order valence-electron chi connectivity index (χ1n) is 10.1. The molecule has 0 aromatic carbocycles. The largest absolute Gasteiger partial charge is 0.469 e. The molecule has 2 saturated heterocycles. The van der Waals surface area contributed by atoms with Crippen LogP contribution in [-0.4, -0.2) is 65.2 Å². The number of carbonyl (C=O) groups excluding carboxylic acids is 3. The maximum Gasteiger partial charge on any atom is 0.311 e. The lowest BCUT2D eigenvalue weighted by Crippen LogP contribution is -2.58. The van der Waals surface area contributed by atoms with E-state index in [2.05, 4.69) is 19.0 Å². The van der Waals surface area contributed by atoms with Crippen LogP contribution in [0.5, 0.6) is 0 Å². The van der Waals surface area contributed by atoms with E-state index < -0.39 is 17.4 Å². The van der Waals surface area contributed by atoms with Crippen molar-refractivity contribution in [2.75, 3.05) is 26.8 Å². The summed E-state index contributed by atoms with van der Waals surface area (Å²) in [6.07, 6.45) is 1.64. The number of nitrogens with zero attached hydrogens (tertiary/aromatic N) is 3. The Hall–Kier alpha value is -2.42. The molecule has 2 aliphatic rings. The molecule has 0 N–H and O–H groups in total. The minimum atomic E-state index is -0.788. The number of rotatable bonds is 6. The van der Waals surface area contributed by atoms with Crippen molar-refractivity contribution in [1.29, 1.82) is 0 Å². The highest BCUT2D eigenvalue weighted by molar-refractivity contribution is 5.92. The van der Waals surface area contributed by atoms with Crippen LogP contribution in [0.15, 0.2) is 10.6 Å². The molecule has 9 nitrogen and oxygen atoms in total. The van der Waals surface area contributed by atoms with Crippen molar-refractivity contribution in [2.24, 2.45) is 11.8 Å². The van der Waals surface area contributed by atoms with Crippen LogP contribution in [-0.2, 0) is 25.6 Å². The number of hydroxylamine groups is 2. The van der Waals surface area contributed by atoms with Crippen LogP contribution in [0.1, 0.15) is 56.3 Å². The van der Waals surface area contributed by atoms with E-state index in [1.54, 1.807) is 17.9 Å². The summed E-state index contributed by atoms with van der Waals surface area (Å²) in [6, 6.07) is 1.69. The van der Waals surface area contributed by atoms with E-state index in [0.717, 1.165) is 6.42 Å². The average Bonchev–Trinajstić information content (AvgIpc) is 3.26. The molecule has 2 fully saturated rings. The molecular weight excluding hydrogens is 378 g/mol. The number of hydrogen-bond acceptors (Lipinski definition) is 7. The minimum absolute atomic E-state index is 0.0580. The number of hydrogen-bond donors (Lipinski definition) is 0. The summed E-state index contributed by atoms with van der Waals surface area (Å²) in [6.45, 7) is 7.02. The van der Waals surface area contributed by atoms with E-state index in [1.807, 2.05) is 0 Å². The van der Waals surface area contributed by atoms with Crippen molar-refractivity contribution in [1.82, 2.24) is 15.1 Å². The standard InChI is InChI=1S/C20H29N3O6/c1-5-28-23-17(24)12-15(19(26)27-4)20(23)6-8-22(9-7-20)18(25)16-11-14(29-21-16)10-13(2)3/h11,13,15H,5-10,12H2,1-4H3/t15-/m1/s1. The first-order valence-corrected chi connectivity index (χ1v) is 10.1. The van der Waals surface area contributed by atoms with Gasteiger partial charge >= 0.3 is 5.97 Å². The molecule has 2 aliphatic heterocycles. The van der Waals surface area contributed by atoms with Crippen LogP contribution >= 0.6 is 0 Å². The zero-order chi connectivity index (χ0) is 21.2. The number of aromatic nitrogens is 1. The quantitative estimate of drug-likeness (QED) is 0.663. The molecule has 2 amide bonds. The summed E-state index contributed by atoms with van der Waals surface area (Å²) in [5, 5.41) is 5.27. The molecule has 0 unspecified atom stereocenters. The van der Waals surface area contributed by atoms with E-state index in [-0.39, 0.29) is 23.9 Å². The smallest absolute Gasteiger partial charge is 0.311 e. The molecule has 3 heterocycles. The molecule has 29 heavy (non-hydrogen) atoms. The van der Waals surface area contributed by atoms with Gasteiger partial charge in [0.05, 0.1) is 25.2 Å². The van der Waals surface area contributed by atoms with Gasteiger partial charge in [0.1, 0.15) is 5.76 Å². The van der Waals surface area contributed by atoms with Crippen molar-refractivity contribution in [3.63, 3.8) is 0 Å². The number of esters is 1. The van der Waals surface area contributed by atoms with Crippen molar-refractivity contribution in [3.05, 3.63) is 17.5 Å². The monoisotopic (exact) mass is 407 g/mol. The summed E-state index contributed by atoms with van der Waals surface area (Å²) < 4.78 is 10.2. The van der Waals surface area contributed by atoms with Crippen LogP contribution in [0.3, 0.4) is 0 Å². The highest BCUT2D eigenvalue weighted by Crippen LogP contribution is 2.44. The molecule has 1 aromatic heterocycles. The van der Waals surface area contributed by atoms with Gasteiger partial charge in [-0.05, 0) is 25.7 Å². The zero-order valence-electron chi connectivity index (χ0n) is 17.5. The van der Waals surface area contributed by atoms with E-state index in [1.165, 1.54) is 12.2 Å².